The zero-order valence-corrected chi connectivity index (χ0v) is 24.5. The van der Waals surface area contributed by atoms with Crippen molar-refractivity contribution in [1.82, 2.24) is 0 Å². The SMILES string of the molecule is CCCCC[C@H]1CC[C@H](C2CC=C(c3ccc(CC/C=C/[C@H]4CC[C@H](CCC)CC4)c(F)c3F)CC2)CC1. The lowest BCUT2D eigenvalue weighted by atomic mass is 9.70. The van der Waals surface area contributed by atoms with E-state index in [1.807, 2.05) is 12.1 Å². The molecule has 1 atom stereocenters. The average molecular weight is 525 g/mol. The fourth-order valence-electron chi connectivity index (χ4n) is 7.79. The molecular weight excluding hydrogens is 470 g/mol. The number of hydrogen-bond acceptors (Lipinski definition) is 0. The van der Waals surface area contributed by atoms with Crippen molar-refractivity contribution in [3.05, 3.63) is 53.1 Å². The maximum absolute atomic E-state index is 15.1. The van der Waals surface area contributed by atoms with Crippen molar-refractivity contribution in [3.8, 4) is 0 Å². The summed E-state index contributed by atoms with van der Waals surface area (Å²) in [7, 11) is 0. The second-order valence-electron chi connectivity index (χ2n) is 13.0. The van der Waals surface area contributed by atoms with Crippen molar-refractivity contribution < 1.29 is 8.78 Å². The quantitative estimate of drug-likeness (QED) is 0.188. The van der Waals surface area contributed by atoms with E-state index in [0.29, 0.717) is 23.5 Å². The standard InChI is InChI=1S/C36H54F2/c1-3-5-6-10-29-17-19-30(20-18-29)31-21-23-32(24-22-31)34-26-25-33(35(37)36(34)38)12-8-7-11-28-15-13-27(9-4-2)14-16-28/h7,11,23,25-31H,3-6,8-10,12-22,24H2,1-2H3/b11-7+/t27-,28-,29-,30-,31?. The predicted molar refractivity (Wildman–Crippen MR) is 159 cm³/mol. The van der Waals surface area contributed by atoms with E-state index in [1.165, 1.54) is 89.9 Å². The van der Waals surface area contributed by atoms with Gasteiger partial charge in [0, 0.05) is 5.56 Å². The van der Waals surface area contributed by atoms with Gasteiger partial charge in [-0.15, -0.1) is 0 Å². The Labute approximate surface area is 232 Å². The highest BCUT2D eigenvalue weighted by Gasteiger charge is 2.29. The van der Waals surface area contributed by atoms with Gasteiger partial charge < -0.3 is 0 Å². The van der Waals surface area contributed by atoms with Gasteiger partial charge in [-0.25, -0.2) is 8.78 Å². The average Bonchev–Trinajstić information content (AvgIpc) is 2.95. The molecule has 0 nitrogen and oxygen atoms in total. The van der Waals surface area contributed by atoms with Gasteiger partial charge in [-0.1, -0.05) is 95.6 Å². The normalized spacial score (nSPS) is 28.5. The molecule has 0 aromatic heterocycles. The summed E-state index contributed by atoms with van der Waals surface area (Å²) in [5.74, 6) is 2.86. The molecule has 38 heavy (non-hydrogen) atoms. The number of aryl methyl sites for hydroxylation is 1. The highest BCUT2D eigenvalue weighted by molar-refractivity contribution is 5.67. The monoisotopic (exact) mass is 524 g/mol. The Kier molecular flexibility index (Phi) is 12.0. The fraction of sp³-hybridized carbons (Fsp3) is 0.722. The first-order valence-electron chi connectivity index (χ1n) is 16.4. The minimum absolute atomic E-state index is 0.503. The van der Waals surface area contributed by atoms with Crippen LogP contribution in [-0.4, -0.2) is 0 Å². The molecule has 0 amide bonds. The summed E-state index contributed by atoms with van der Waals surface area (Å²) in [6.07, 6.45) is 30.2. The van der Waals surface area contributed by atoms with Gasteiger partial charge in [0.2, 0.25) is 0 Å². The van der Waals surface area contributed by atoms with Crippen molar-refractivity contribution in [2.75, 3.05) is 0 Å². The molecule has 0 bridgehead atoms. The number of rotatable bonds is 12. The molecule has 0 saturated heterocycles. The van der Waals surface area contributed by atoms with Crippen LogP contribution in [-0.2, 0) is 6.42 Å². The van der Waals surface area contributed by atoms with Crippen LogP contribution in [0, 0.1) is 41.2 Å². The number of allylic oxidation sites excluding steroid dienone is 4. The first kappa shape index (κ1) is 29.5. The van der Waals surface area contributed by atoms with Crippen molar-refractivity contribution in [2.24, 2.45) is 29.6 Å². The highest BCUT2D eigenvalue weighted by Crippen LogP contribution is 2.42. The Morgan fingerprint density at radius 2 is 1.50 bits per heavy atom. The summed E-state index contributed by atoms with van der Waals surface area (Å²) in [5, 5.41) is 0. The molecule has 1 aromatic rings. The minimum Gasteiger partial charge on any atom is -0.203 e. The molecular formula is C36H54F2. The van der Waals surface area contributed by atoms with E-state index in [1.54, 1.807) is 0 Å². The lowest BCUT2D eigenvalue weighted by Crippen LogP contribution is -2.23. The molecule has 0 heterocycles. The summed E-state index contributed by atoms with van der Waals surface area (Å²) in [5.41, 5.74) is 2.05. The van der Waals surface area contributed by atoms with E-state index in [-0.39, 0.29) is 0 Å². The molecule has 3 aliphatic carbocycles. The van der Waals surface area contributed by atoms with Crippen molar-refractivity contribution >= 4 is 5.57 Å². The number of benzene rings is 1. The van der Waals surface area contributed by atoms with Gasteiger partial charge in [-0.2, -0.15) is 0 Å². The highest BCUT2D eigenvalue weighted by atomic mass is 19.2. The minimum atomic E-state index is -0.627. The van der Waals surface area contributed by atoms with Gasteiger partial charge in [-0.3, -0.25) is 0 Å². The van der Waals surface area contributed by atoms with Crippen molar-refractivity contribution in [1.29, 1.82) is 0 Å². The van der Waals surface area contributed by atoms with E-state index in [9.17, 15) is 0 Å². The predicted octanol–water partition coefficient (Wildman–Crippen LogP) is 11.6. The molecule has 0 aliphatic heterocycles. The third kappa shape index (κ3) is 8.28. The van der Waals surface area contributed by atoms with Crippen LogP contribution in [0.1, 0.15) is 141 Å². The smallest absolute Gasteiger partial charge is 0.166 e. The van der Waals surface area contributed by atoms with Crippen molar-refractivity contribution in [3.63, 3.8) is 0 Å². The van der Waals surface area contributed by atoms with E-state index in [2.05, 4.69) is 32.1 Å². The summed E-state index contributed by atoms with van der Waals surface area (Å²) in [6, 6.07) is 3.68. The van der Waals surface area contributed by atoms with Crippen LogP contribution in [0.2, 0.25) is 0 Å². The van der Waals surface area contributed by atoms with Gasteiger partial charge in [0.15, 0.2) is 11.6 Å². The second-order valence-corrected chi connectivity index (χ2v) is 13.0. The third-order valence-electron chi connectivity index (χ3n) is 10.3. The molecule has 0 spiro atoms. The maximum Gasteiger partial charge on any atom is 0.166 e. The Hall–Kier alpha value is -1.44. The second kappa shape index (κ2) is 15.4. The largest absolute Gasteiger partial charge is 0.203 e. The van der Waals surface area contributed by atoms with E-state index >= 15 is 8.78 Å². The molecule has 212 valence electrons. The van der Waals surface area contributed by atoms with Crippen LogP contribution < -0.4 is 0 Å². The van der Waals surface area contributed by atoms with Gasteiger partial charge in [0.25, 0.3) is 0 Å². The van der Waals surface area contributed by atoms with E-state index < -0.39 is 11.6 Å². The lowest BCUT2D eigenvalue weighted by molar-refractivity contribution is 0.187. The molecule has 0 N–H and O–H groups in total. The Morgan fingerprint density at radius 1 is 0.763 bits per heavy atom. The maximum atomic E-state index is 15.1. The molecule has 0 radical (unpaired) electrons. The zero-order chi connectivity index (χ0) is 26.7. The van der Waals surface area contributed by atoms with Crippen molar-refractivity contribution in [2.45, 2.75) is 136 Å². The summed E-state index contributed by atoms with van der Waals surface area (Å²) in [6.45, 7) is 4.57. The first-order valence-corrected chi connectivity index (χ1v) is 16.4. The summed E-state index contributed by atoms with van der Waals surface area (Å²) in [4.78, 5) is 0. The van der Waals surface area contributed by atoms with Crippen LogP contribution in [0.15, 0.2) is 30.4 Å². The summed E-state index contributed by atoms with van der Waals surface area (Å²) < 4.78 is 30.1. The first-order chi connectivity index (χ1) is 18.6. The van der Waals surface area contributed by atoms with Crippen LogP contribution in [0.3, 0.4) is 0 Å². The van der Waals surface area contributed by atoms with Crippen LogP contribution in [0.25, 0.3) is 5.57 Å². The van der Waals surface area contributed by atoms with Crippen LogP contribution >= 0.6 is 0 Å². The third-order valence-corrected chi connectivity index (χ3v) is 10.3. The Balaban J connectivity index is 1.23. The molecule has 3 aliphatic rings. The fourth-order valence-corrected chi connectivity index (χ4v) is 7.79. The molecule has 2 heteroatoms. The van der Waals surface area contributed by atoms with E-state index in [0.717, 1.165) is 54.9 Å². The molecule has 4 rings (SSSR count). The number of hydrogen-bond donors (Lipinski definition) is 0. The van der Waals surface area contributed by atoms with Gasteiger partial charge in [0.05, 0.1) is 0 Å². The number of unbranched alkanes of at least 4 members (excludes halogenated alkanes) is 2. The Bertz CT molecular complexity index is 896. The van der Waals surface area contributed by atoms with Crippen LogP contribution in [0.5, 0.6) is 0 Å². The van der Waals surface area contributed by atoms with Gasteiger partial charge in [-0.05, 0) is 111 Å². The van der Waals surface area contributed by atoms with Gasteiger partial charge >= 0.3 is 0 Å². The lowest BCUT2D eigenvalue weighted by Gasteiger charge is -2.35. The van der Waals surface area contributed by atoms with Crippen LogP contribution in [0.4, 0.5) is 8.78 Å². The molecule has 2 saturated carbocycles. The zero-order valence-electron chi connectivity index (χ0n) is 24.5. The summed E-state index contributed by atoms with van der Waals surface area (Å²) >= 11 is 0. The van der Waals surface area contributed by atoms with E-state index in [4.69, 9.17) is 0 Å². The molecule has 2 fully saturated rings. The topological polar surface area (TPSA) is 0 Å². The molecule has 1 unspecified atom stereocenters. The number of halogens is 2. The van der Waals surface area contributed by atoms with Gasteiger partial charge in [0.1, 0.15) is 0 Å². The molecule has 1 aromatic carbocycles. The Morgan fingerprint density at radius 3 is 2.18 bits per heavy atom.